The van der Waals surface area contributed by atoms with Gasteiger partial charge in [0.2, 0.25) is 0 Å². The molecule has 0 spiro atoms. The standard InChI is InChI=1S/C16H17FN2O/c1-11-8-9-12(13(17)10-11)16(20)18-14-6-4-5-7-15(14)19(2)3/h4-10H,1-3H3,(H,18,20). The minimum atomic E-state index is -0.509. The predicted octanol–water partition coefficient (Wildman–Crippen LogP) is 3.45. The lowest BCUT2D eigenvalue weighted by Crippen LogP contribution is -2.17. The van der Waals surface area contributed by atoms with Crippen molar-refractivity contribution in [1.29, 1.82) is 0 Å². The Morgan fingerprint density at radius 1 is 1.15 bits per heavy atom. The number of nitrogens with zero attached hydrogens (tertiary/aromatic N) is 1. The summed E-state index contributed by atoms with van der Waals surface area (Å²) in [5.41, 5.74) is 2.35. The van der Waals surface area contributed by atoms with E-state index in [1.54, 1.807) is 19.1 Å². The minimum Gasteiger partial charge on any atom is -0.376 e. The van der Waals surface area contributed by atoms with Gasteiger partial charge >= 0.3 is 0 Å². The smallest absolute Gasteiger partial charge is 0.258 e. The second kappa shape index (κ2) is 5.74. The maximum Gasteiger partial charge on any atom is 0.258 e. The second-order valence-corrected chi connectivity index (χ2v) is 4.85. The Labute approximate surface area is 118 Å². The number of hydrogen-bond acceptors (Lipinski definition) is 2. The van der Waals surface area contributed by atoms with Crippen molar-refractivity contribution in [2.75, 3.05) is 24.3 Å². The van der Waals surface area contributed by atoms with Crippen molar-refractivity contribution >= 4 is 17.3 Å². The molecule has 2 aromatic rings. The van der Waals surface area contributed by atoms with Crippen LogP contribution in [0.5, 0.6) is 0 Å². The van der Waals surface area contributed by atoms with Crippen LogP contribution < -0.4 is 10.2 Å². The molecule has 2 aromatic carbocycles. The lowest BCUT2D eigenvalue weighted by atomic mass is 10.1. The van der Waals surface area contributed by atoms with Gasteiger partial charge in [0, 0.05) is 14.1 Å². The Kier molecular flexibility index (Phi) is 4.03. The molecular weight excluding hydrogens is 255 g/mol. The molecule has 0 aliphatic carbocycles. The summed E-state index contributed by atoms with van der Waals surface area (Å²) in [5, 5.41) is 2.75. The molecule has 1 amide bonds. The summed E-state index contributed by atoms with van der Waals surface area (Å²) in [4.78, 5) is 14.0. The van der Waals surface area contributed by atoms with Crippen LogP contribution in [-0.4, -0.2) is 20.0 Å². The van der Waals surface area contributed by atoms with Crippen LogP contribution in [0, 0.1) is 12.7 Å². The average Bonchev–Trinajstić information content (AvgIpc) is 2.38. The molecule has 3 nitrogen and oxygen atoms in total. The Hall–Kier alpha value is -2.36. The third kappa shape index (κ3) is 2.96. The summed E-state index contributed by atoms with van der Waals surface area (Å²) in [5.74, 6) is -0.957. The normalized spacial score (nSPS) is 10.2. The second-order valence-electron chi connectivity index (χ2n) is 4.85. The van der Waals surface area contributed by atoms with E-state index < -0.39 is 11.7 Å². The van der Waals surface area contributed by atoms with Gasteiger partial charge < -0.3 is 10.2 Å². The molecular formula is C16H17FN2O. The van der Waals surface area contributed by atoms with Crippen molar-refractivity contribution in [2.24, 2.45) is 0 Å². The van der Waals surface area contributed by atoms with Crippen LogP contribution in [0.15, 0.2) is 42.5 Å². The Morgan fingerprint density at radius 3 is 2.50 bits per heavy atom. The van der Waals surface area contributed by atoms with Crippen molar-refractivity contribution in [3.63, 3.8) is 0 Å². The van der Waals surface area contributed by atoms with Gasteiger partial charge in [-0.15, -0.1) is 0 Å². The highest BCUT2D eigenvalue weighted by Gasteiger charge is 2.13. The molecule has 0 aliphatic heterocycles. The first-order valence-corrected chi connectivity index (χ1v) is 6.33. The number of amides is 1. The van der Waals surface area contributed by atoms with Gasteiger partial charge in [-0.2, -0.15) is 0 Å². The topological polar surface area (TPSA) is 32.3 Å². The summed E-state index contributed by atoms with van der Waals surface area (Å²) in [7, 11) is 3.77. The van der Waals surface area contributed by atoms with Crippen molar-refractivity contribution in [3.8, 4) is 0 Å². The molecule has 1 N–H and O–H groups in total. The van der Waals surface area contributed by atoms with Gasteiger partial charge in [-0.25, -0.2) is 4.39 Å². The molecule has 0 fully saturated rings. The zero-order valence-electron chi connectivity index (χ0n) is 11.8. The molecule has 0 aromatic heterocycles. The first-order chi connectivity index (χ1) is 9.49. The monoisotopic (exact) mass is 272 g/mol. The minimum absolute atomic E-state index is 0.0455. The van der Waals surface area contributed by atoms with E-state index in [1.165, 1.54) is 12.1 Å². The number of anilines is 2. The quantitative estimate of drug-likeness (QED) is 0.928. The Bertz CT molecular complexity index is 638. The van der Waals surface area contributed by atoms with E-state index in [2.05, 4.69) is 5.32 Å². The number of halogens is 1. The van der Waals surface area contributed by atoms with Crippen LogP contribution in [0.3, 0.4) is 0 Å². The van der Waals surface area contributed by atoms with Crippen LogP contribution >= 0.6 is 0 Å². The van der Waals surface area contributed by atoms with Gasteiger partial charge in [0.25, 0.3) is 5.91 Å². The molecule has 0 atom stereocenters. The maximum atomic E-state index is 13.8. The molecule has 0 bridgehead atoms. The van der Waals surface area contributed by atoms with Crippen molar-refractivity contribution in [2.45, 2.75) is 6.92 Å². The fraction of sp³-hybridized carbons (Fsp3) is 0.188. The van der Waals surface area contributed by atoms with Crippen molar-refractivity contribution < 1.29 is 9.18 Å². The molecule has 0 saturated heterocycles. The lowest BCUT2D eigenvalue weighted by Gasteiger charge is -2.17. The van der Waals surface area contributed by atoms with Crippen molar-refractivity contribution in [1.82, 2.24) is 0 Å². The fourth-order valence-corrected chi connectivity index (χ4v) is 1.96. The highest BCUT2D eigenvalue weighted by Crippen LogP contribution is 2.24. The van der Waals surface area contributed by atoms with Crippen LogP contribution in [0.25, 0.3) is 0 Å². The summed E-state index contributed by atoms with van der Waals surface area (Å²) >= 11 is 0. The van der Waals surface area contributed by atoms with Gasteiger partial charge in [-0.1, -0.05) is 18.2 Å². The van der Waals surface area contributed by atoms with Crippen LogP contribution in [0.1, 0.15) is 15.9 Å². The SMILES string of the molecule is Cc1ccc(C(=O)Nc2ccccc2N(C)C)c(F)c1. The third-order valence-corrected chi connectivity index (χ3v) is 3.00. The van der Waals surface area contributed by atoms with Crippen molar-refractivity contribution in [3.05, 3.63) is 59.4 Å². The molecule has 0 unspecified atom stereocenters. The van der Waals surface area contributed by atoms with E-state index in [0.717, 1.165) is 11.3 Å². The van der Waals surface area contributed by atoms with Gasteiger partial charge in [0.1, 0.15) is 5.82 Å². The highest BCUT2D eigenvalue weighted by atomic mass is 19.1. The molecule has 4 heteroatoms. The molecule has 2 rings (SSSR count). The lowest BCUT2D eigenvalue weighted by molar-refractivity contribution is 0.102. The summed E-state index contributed by atoms with van der Waals surface area (Å²) in [6.45, 7) is 1.78. The van der Waals surface area contributed by atoms with E-state index in [-0.39, 0.29) is 5.56 Å². The first-order valence-electron chi connectivity index (χ1n) is 6.33. The zero-order chi connectivity index (χ0) is 14.7. The van der Waals surface area contributed by atoms with Crippen LogP contribution in [0.2, 0.25) is 0 Å². The molecule has 0 radical (unpaired) electrons. The van der Waals surface area contributed by atoms with Gasteiger partial charge in [-0.05, 0) is 36.8 Å². The number of nitrogens with one attached hydrogen (secondary N) is 1. The third-order valence-electron chi connectivity index (χ3n) is 3.00. The molecule has 20 heavy (non-hydrogen) atoms. The summed E-state index contributed by atoms with van der Waals surface area (Å²) < 4.78 is 13.8. The molecule has 104 valence electrons. The maximum absolute atomic E-state index is 13.8. The Morgan fingerprint density at radius 2 is 1.85 bits per heavy atom. The first kappa shape index (κ1) is 14.1. The number of benzene rings is 2. The van der Waals surface area contributed by atoms with Gasteiger partial charge in [0.15, 0.2) is 0 Å². The van der Waals surface area contributed by atoms with Crippen LogP contribution in [0.4, 0.5) is 15.8 Å². The number of carbonyl (C=O) groups excluding carboxylic acids is 1. The Balaban J connectivity index is 2.28. The van der Waals surface area contributed by atoms with E-state index >= 15 is 0 Å². The van der Waals surface area contributed by atoms with Crippen LogP contribution in [-0.2, 0) is 0 Å². The van der Waals surface area contributed by atoms with E-state index in [1.807, 2.05) is 37.2 Å². The summed E-state index contributed by atoms with van der Waals surface area (Å²) in [6, 6.07) is 12.0. The van der Waals surface area contributed by atoms with Gasteiger partial charge in [-0.3, -0.25) is 4.79 Å². The number of rotatable bonds is 3. The summed E-state index contributed by atoms with van der Waals surface area (Å²) in [6.07, 6.45) is 0. The number of aryl methyl sites for hydroxylation is 1. The zero-order valence-corrected chi connectivity index (χ0v) is 11.8. The molecule has 0 heterocycles. The largest absolute Gasteiger partial charge is 0.376 e. The molecule has 0 aliphatic rings. The van der Waals surface area contributed by atoms with Gasteiger partial charge in [0.05, 0.1) is 16.9 Å². The van der Waals surface area contributed by atoms with E-state index in [4.69, 9.17) is 0 Å². The number of carbonyl (C=O) groups is 1. The predicted molar refractivity (Wildman–Crippen MR) is 79.9 cm³/mol. The molecule has 0 saturated carbocycles. The number of para-hydroxylation sites is 2. The number of hydrogen-bond donors (Lipinski definition) is 1. The fourth-order valence-electron chi connectivity index (χ4n) is 1.96. The van der Waals surface area contributed by atoms with E-state index in [0.29, 0.717) is 5.69 Å². The van der Waals surface area contributed by atoms with E-state index in [9.17, 15) is 9.18 Å². The average molecular weight is 272 g/mol. The highest BCUT2D eigenvalue weighted by molar-refractivity contribution is 6.06.